The first-order valence-corrected chi connectivity index (χ1v) is 8.69. The van der Waals surface area contributed by atoms with E-state index in [1.165, 1.54) is 32.4 Å². The van der Waals surface area contributed by atoms with Crippen LogP contribution in [0.1, 0.15) is 33.2 Å². The maximum absolute atomic E-state index is 12.6. The van der Waals surface area contributed by atoms with Crippen molar-refractivity contribution in [1.82, 2.24) is 0 Å². The standard InChI is InChI=1S/C20H20ClNO6/c1-11-9-14(21)6-8-17(11)28-12(2)18(23)22-16-10-13(19(24)26-3)5-7-15(16)20(25)27-4/h5-10,12H,1-4H3,(H,22,23). The molecule has 0 saturated carbocycles. The zero-order valence-corrected chi connectivity index (χ0v) is 16.6. The summed E-state index contributed by atoms with van der Waals surface area (Å²) in [6, 6.07) is 9.17. The molecule has 2 rings (SSSR count). The van der Waals surface area contributed by atoms with Crippen molar-refractivity contribution in [2.45, 2.75) is 20.0 Å². The third-order valence-corrected chi connectivity index (χ3v) is 4.15. The second kappa shape index (κ2) is 9.23. The second-order valence-corrected chi connectivity index (χ2v) is 6.34. The van der Waals surface area contributed by atoms with Gasteiger partial charge in [-0.05, 0) is 55.8 Å². The third-order valence-electron chi connectivity index (χ3n) is 3.91. The number of anilines is 1. The van der Waals surface area contributed by atoms with Crippen LogP contribution >= 0.6 is 11.6 Å². The summed E-state index contributed by atoms with van der Waals surface area (Å²) >= 11 is 5.92. The van der Waals surface area contributed by atoms with Crippen LogP contribution in [-0.4, -0.2) is 38.2 Å². The van der Waals surface area contributed by atoms with Crippen LogP contribution in [0.25, 0.3) is 0 Å². The summed E-state index contributed by atoms with van der Waals surface area (Å²) in [4.78, 5) is 36.3. The number of methoxy groups -OCH3 is 2. The highest BCUT2D eigenvalue weighted by atomic mass is 35.5. The number of rotatable bonds is 6. The molecule has 1 amide bonds. The second-order valence-electron chi connectivity index (χ2n) is 5.90. The first kappa shape index (κ1) is 21.2. The summed E-state index contributed by atoms with van der Waals surface area (Å²) in [7, 11) is 2.45. The highest BCUT2D eigenvalue weighted by Gasteiger charge is 2.21. The molecule has 28 heavy (non-hydrogen) atoms. The molecule has 1 atom stereocenters. The number of aryl methyl sites for hydroxylation is 1. The molecule has 0 heterocycles. The van der Waals surface area contributed by atoms with Gasteiger partial charge in [0.15, 0.2) is 6.10 Å². The molecule has 0 aliphatic heterocycles. The van der Waals surface area contributed by atoms with Gasteiger partial charge in [-0.15, -0.1) is 0 Å². The molecule has 0 fully saturated rings. The van der Waals surface area contributed by atoms with E-state index >= 15 is 0 Å². The fourth-order valence-corrected chi connectivity index (χ4v) is 2.63. The van der Waals surface area contributed by atoms with Crippen molar-refractivity contribution >= 4 is 35.1 Å². The molecule has 148 valence electrons. The molecule has 0 radical (unpaired) electrons. The lowest BCUT2D eigenvalue weighted by Crippen LogP contribution is -2.31. The number of amides is 1. The van der Waals surface area contributed by atoms with E-state index < -0.39 is 23.9 Å². The van der Waals surface area contributed by atoms with Gasteiger partial charge in [-0.2, -0.15) is 0 Å². The molecule has 8 heteroatoms. The molecule has 0 aliphatic rings. The molecule has 2 aromatic rings. The Labute approximate surface area is 167 Å². The highest BCUT2D eigenvalue weighted by Crippen LogP contribution is 2.24. The van der Waals surface area contributed by atoms with E-state index in [1.807, 2.05) is 0 Å². The Morgan fingerprint density at radius 1 is 1.00 bits per heavy atom. The van der Waals surface area contributed by atoms with E-state index in [1.54, 1.807) is 32.0 Å². The van der Waals surface area contributed by atoms with Gasteiger partial charge in [0, 0.05) is 5.02 Å². The maximum Gasteiger partial charge on any atom is 0.339 e. The molecule has 0 bridgehead atoms. The largest absolute Gasteiger partial charge is 0.481 e. The van der Waals surface area contributed by atoms with E-state index in [0.717, 1.165) is 5.56 Å². The SMILES string of the molecule is COC(=O)c1ccc(C(=O)OC)c(NC(=O)C(C)Oc2ccc(Cl)cc2C)c1. The van der Waals surface area contributed by atoms with Crippen LogP contribution in [0.3, 0.4) is 0 Å². The quantitative estimate of drug-likeness (QED) is 0.738. The monoisotopic (exact) mass is 405 g/mol. The molecule has 7 nitrogen and oxygen atoms in total. The van der Waals surface area contributed by atoms with Crippen molar-refractivity contribution in [3.63, 3.8) is 0 Å². The lowest BCUT2D eigenvalue weighted by Gasteiger charge is -2.17. The van der Waals surface area contributed by atoms with E-state index in [-0.39, 0.29) is 16.8 Å². The van der Waals surface area contributed by atoms with Crippen LogP contribution in [0, 0.1) is 6.92 Å². The van der Waals surface area contributed by atoms with Gasteiger partial charge in [0.25, 0.3) is 5.91 Å². The predicted octanol–water partition coefficient (Wildman–Crippen LogP) is 3.63. The zero-order chi connectivity index (χ0) is 20.8. The number of nitrogens with one attached hydrogen (secondary N) is 1. The molecule has 2 aromatic carbocycles. The lowest BCUT2D eigenvalue weighted by molar-refractivity contribution is -0.122. The first-order valence-electron chi connectivity index (χ1n) is 8.31. The normalized spacial score (nSPS) is 11.3. The van der Waals surface area contributed by atoms with Gasteiger partial charge in [0.2, 0.25) is 0 Å². The highest BCUT2D eigenvalue weighted by molar-refractivity contribution is 6.30. The van der Waals surface area contributed by atoms with Gasteiger partial charge in [-0.25, -0.2) is 9.59 Å². The Morgan fingerprint density at radius 3 is 2.29 bits per heavy atom. The molecular weight excluding hydrogens is 386 g/mol. The van der Waals surface area contributed by atoms with Gasteiger partial charge < -0.3 is 19.5 Å². The Bertz CT molecular complexity index is 912. The number of esters is 2. The summed E-state index contributed by atoms with van der Waals surface area (Å²) in [6.45, 7) is 3.37. The van der Waals surface area contributed by atoms with Crippen molar-refractivity contribution in [3.8, 4) is 5.75 Å². The number of hydrogen-bond acceptors (Lipinski definition) is 6. The van der Waals surface area contributed by atoms with Gasteiger partial charge in [-0.1, -0.05) is 11.6 Å². The van der Waals surface area contributed by atoms with Crippen LogP contribution < -0.4 is 10.1 Å². The first-order chi connectivity index (χ1) is 13.3. The van der Waals surface area contributed by atoms with Crippen LogP contribution in [0.15, 0.2) is 36.4 Å². The number of benzene rings is 2. The van der Waals surface area contributed by atoms with Crippen LogP contribution in [0.5, 0.6) is 5.75 Å². The van der Waals surface area contributed by atoms with Gasteiger partial charge >= 0.3 is 11.9 Å². The van der Waals surface area contributed by atoms with Crippen molar-refractivity contribution in [2.75, 3.05) is 19.5 Å². The van der Waals surface area contributed by atoms with Gasteiger partial charge in [0.05, 0.1) is 31.0 Å². The minimum atomic E-state index is -0.882. The smallest absolute Gasteiger partial charge is 0.339 e. The average Bonchev–Trinajstić information content (AvgIpc) is 2.68. The van der Waals surface area contributed by atoms with E-state index in [2.05, 4.69) is 10.1 Å². The topological polar surface area (TPSA) is 90.9 Å². The summed E-state index contributed by atoms with van der Waals surface area (Å²) in [5.41, 5.74) is 1.16. The Kier molecular flexibility index (Phi) is 7.00. The number of carbonyl (C=O) groups is 3. The molecule has 1 unspecified atom stereocenters. The summed E-state index contributed by atoms with van der Waals surface area (Å²) in [5, 5.41) is 3.16. The Balaban J connectivity index is 2.25. The molecule has 1 N–H and O–H groups in total. The molecule has 0 saturated heterocycles. The minimum absolute atomic E-state index is 0.0957. The van der Waals surface area contributed by atoms with Crippen molar-refractivity contribution < 1.29 is 28.6 Å². The predicted molar refractivity (Wildman–Crippen MR) is 104 cm³/mol. The molecular formula is C20H20ClNO6. The molecule has 0 aliphatic carbocycles. The van der Waals surface area contributed by atoms with Crippen molar-refractivity contribution in [2.24, 2.45) is 0 Å². The van der Waals surface area contributed by atoms with Crippen LogP contribution in [-0.2, 0) is 14.3 Å². The minimum Gasteiger partial charge on any atom is -0.481 e. The molecule has 0 aromatic heterocycles. The number of hydrogen-bond donors (Lipinski definition) is 1. The lowest BCUT2D eigenvalue weighted by atomic mass is 10.1. The molecule has 0 spiro atoms. The average molecular weight is 406 g/mol. The summed E-state index contributed by atoms with van der Waals surface area (Å²) in [5.74, 6) is -1.27. The van der Waals surface area contributed by atoms with Crippen LogP contribution in [0.4, 0.5) is 5.69 Å². The van der Waals surface area contributed by atoms with Gasteiger partial charge in [0.1, 0.15) is 5.75 Å². The van der Waals surface area contributed by atoms with Crippen LogP contribution in [0.2, 0.25) is 5.02 Å². The van der Waals surface area contributed by atoms with E-state index in [9.17, 15) is 14.4 Å². The fraction of sp³-hybridized carbons (Fsp3) is 0.250. The Morgan fingerprint density at radius 2 is 1.68 bits per heavy atom. The summed E-state index contributed by atoms with van der Waals surface area (Å²) < 4.78 is 15.1. The number of carbonyl (C=O) groups excluding carboxylic acids is 3. The van der Waals surface area contributed by atoms with E-state index in [0.29, 0.717) is 10.8 Å². The van der Waals surface area contributed by atoms with Crippen molar-refractivity contribution in [3.05, 3.63) is 58.1 Å². The zero-order valence-electron chi connectivity index (χ0n) is 15.9. The third kappa shape index (κ3) is 5.01. The number of halogens is 1. The fourth-order valence-electron chi connectivity index (χ4n) is 2.40. The Hall–Kier alpha value is -3.06. The maximum atomic E-state index is 12.6. The van der Waals surface area contributed by atoms with E-state index in [4.69, 9.17) is 21.1 Å². The van der Waals surface area contributed by atoms with Crippen molar-refractivity contribution in [1.29, 1.82) is 0 Å². The van der Waals surface area contributed by atoms with Gasteiger partial charge in [-0.3, -0.25) is 4.79 Å². The summed E-state index contributed by atoms with van der Waals surface area (Å²) in [6.07, 6.45) is -0.882. The number of ether oxygens (including phenoxy) is 3.